The van der Waals surface area contributed by atoms with Crippen LogP contribution in [0.15, 0.2) is 36.8 Å². The Morgan fingerprint density at radius 2 is 1.97 bits per heavy atom. The van der Waals surface area contributed by atoms with E-state index in [1.165, 1.54) is 24.8 Å². The topological polar surface area (TPSA) is 85.2 Å². The zero-order valence-corrected chi connectivity index (χ0v) is 19.7. The molecule has 4 rings (SSSR count). The van der Waals surface area contributed by atoms with Crippen LogP contribution in [0.2, 0.25) is 0 Å². The predicted molar refractivity (Wildman–Crippen MR) is 126 cm³/mol. The number of carbonyl (C=O) groups is 1. The molecular formula is C26H35N5O2. The van der Waals surface area contributed by atoms with Crippen LogP contribution in [0, 0.1) is 29.1 Å². The summed E-state index contributed by atoms with van der Waals surface area (Å²) in [5, 5.41) is 9.05. The highest BCUT2D eigenvalue weighted by Crippen LogP contribution is 2.34. The predicted octanol–water partition coefficient (Wildman–Crippen LogP) is 4.22. The van der Waals surface area contributed by atoms with Gasteiger partial charge in [0.15, 0.2) is 0 Å². The molecule has 1 aromatic carbocycles. The van der Waals surface area contributed by atoms with Gasteiger partial charge in [-0.15, -0.1) is 0 Å². The van der Waals surface area contributed by atoms with Crippen molar-refractivity contribution in [2.24, 2.45) is 17.8 Å². The van der Waals surface area contributed by atoms with Crippen LogP contribution in [0.1, 0.15) is 49.9 Å². The molecule has 3 atom stereocenters. The molecule has 2 aromatic rings. The van der Waals surface area contributed by atoms with Gasteiger partial charge in [-0.2, -0.15) is 5.26 Å². The Hall–Kier alpha value is -2.85. The second kappa shape index (κ2) is 10.8. The Balaban J connectivity index is 1.38. The molecule has 1 aromatic heterocycles. The van der Waals surface area contributed by atoms with E-state index in [1.807, 2.05) is 35.4 Å². The fourth-order valence-corrected chi connectivity index (χ4v) is 5.37. The van der Waals surface area contributed by atoms with Gasteiger partial charge in [0.25, 0.3) is 0 Å². The minimum Gasteiger partial charge on any atom is -0.449 e. The largest absolute Gasteiger partial charge is 0.449 e. The third-order valence-corrected chi connectivity index (χ3v) is 7.52. The fraction of sp³-hybridized carbons (Fsp3) is 0.577. The number of ether oxygens (including phenoxy) is 1. The van der Waals surface area contributed by atoms with E-state index in [9.17, 15) is 4.79 Å². The number of carbonyl (C=O) groups excluding carboxylic acids is 1. The van der Waals surface area contributed by atoms with Crippen molar-refractivity contribution < 1.29 is 9.53 Å². The molecule has 2 fully saturated rings. The molecule has 1 aliphatic heterocycles. The number of rotatable bonds is 6. The maximum absolute atomic E-state index is 13.0. The van der Waals surface area contributed by atoms with Crippen LogP contribution in [-0.4, -0.2) is 58.1 Å². The molecule has 0 radical (unpaired) electrons. The van der Waals surface area contributed by atoms with E-state index in [-0.39, 0.29) is 12.1 Å². The number of H-pyrrole nitrogens is 1. The van der Waals surface area contributed by atoms with Crippen LogP contribution in [0.4, 0.5) is 4.79 Å². The van der Waals surface area contributed by atoms with Gasteiger partial charge >= 0.3 is 6.09 Å². The molecule has 7 heteroatoms. The van der Waals surface area contributed by atoms with Crippen LogP contribution < -0.4 is 0 Å². The minimum absolute atomic E-state index is 0.162. The highest BCUT2D eigenvalue weighted by molar-refractivity contribution is 5.67. The number of hydrogen-bond donors (Lipinski definition) is 1. The highest BCUT2D eigenvalue weighted by atomic mass is 16.6. The smallest absolute Gasteiger partial charge is 0.409 e. The number of piperazine rings is 1. The maximum Gasteiger partial charge on any atom is 0.409 e. The number of hydrogen-bond acceptors (Lipinski definition) is 5. The Morgan fingerprint density at radius 1 is 1.21 bits per heavy atom. The summed E-state index contributed by atoms with van der Waals surface area (Å²) in [5.41, 5.74) is 2.90. The van der Waals surface area contributed by atoms with Gasteiger partial charge < -0.3 is 14.6 Å². The second-order valence-electron chi connectivity index (χ2n) is 9.79. The standard InChI is InChI=1S/C26H35N5O2/c1-19-4-3-5-20(2)25(19)17-33-26(32)31-11-10-30(15-22-8-6-21(13-27)7-9-22)24(16-31)12-23-14-28-18-29-23/h6-9,14,18-20,24-25H,3-5,10-12,15-17H2,1-2H3,(H,28,29). The lowest BCUT2D eigenvalue weighted by atomic mass is 9.74. The molecule has 176 valence electrons. The third-order valence-electron chi connectivity index (χ3n) is 7.52. The van der Waals surface area contributed by atoms with Crippen LogP contribution in [-0.2, 0) is 17.7 Å². The van der Waals surface area contributed by atoms with Gasteiger partial charge in [0.2, 0.25) is 0 Å². The van der Waals surface area contributed by atoms with Crippen LogP contribution in [0.25, 0.3) is 0 Å². The minimum atomic E-state index is -0.187. The number of nitriles is 1. The normalized spacial score (nSPS) is 26.0. The molecule has 1 aliphatic carbocycles. The summed E-state index contributed by atoms with van der Waals surface area (Å²) in [6.07, 6.45) is 7.89. The van der Waals surface area contributed by atoms with E-state index in [1.54, 1.807) is 6.33 Å². The summed E-state index contributed by atoms with van der Waals surface area (Å²) >= 11 is 0. The Bertz CT molecular complexity index is 927. The van der Waals surface area contributed by atoms with Crippen LogP contribution in [0.5, 0.6) is 0 Å². The average Bonchev–Trinajstić information content (AvgIpc) is 3.33. The van der Waals surface area contributed by atoms with E-state index in [0.717, 1.165) is 25.2 Å². The first-order chi connectivity index (χ1) is 16.0. The molecule has 3 unspecified atom stereocenters. The molecule has 2 heterocycles. The lowest BCUT2D eigenvalue weighted by Gasteiger charge is -2.41. The molecule has 1 saturated carbocycles. The first-order valence-electron chi connectivity index (χ1n) is 12.2. The zero-order chi connectivity index (χ0) is 23.2. The van der Waals surface area contributed by atoms with Gasteiger partial charge in [-0.1, -0.05) is 45.2 Å². The third kappa shape index (κ3) is 5.94. The molecular weight excluding hydrogens is 414 g/mol. The first-order valence-corrected chi connectivity index (χ1v) is 12.2. The van der Waals surface area contributed by atoms with Gasteiger partial charge in [0.05, 0.1) is 24.6 Å². The molecule has 1 N–H and O–H groups in total. The summed E-state index contributed by atoms with van der Waals surface area (Å²) in [6, 6.07) is 10.1. The van der Waals surface area contributed by atoms with Crippen molar-refractivity contribution in [3.05, 3.63) is 53.6 Å². The summed E-state index contributed by atoms with van der Waals surface area (Å²) in [5.74, 6) is 1.68. The van der Waals surface area contributed by atoms with Crippen LogP contribution >= 0.6 is 0 Å². The molecule has 1 saturated heterocycles. The molecule has 0 spiro atoms. The number of nitrogens with zero attached hydrogens (tertiary/aromatic N) is 4. The number of aromatic amines is 1. The lowest BCUT2D eigenvalue weighted by molar-refractivity contribution is 0.0233. The van der Waals surface area contributed by atoms with Gasteiger partial charge in [-0.25, -0.2) is 9.78 Å². The van der Waals surface area contributed by atoms with E-state index >= 15 is 0 Å². The van der Waals surface area contributed by atoms with Gasteiger partial charge in [-0.3, -0.25) is 4.90 Å². The molecule has 7 nitrogen and oxygen atoms in total. The number of amides is 1. The summed E-state index contributed by atoms with van der Waals surface area (Å²) in [6.45, 7) is 7.95. The second-order valence-corrected chi connectivity index (χ2v) is 9.79. The number of benzene rings is 1. The summed E-state index contributed by atoms with van der Waals surface area (Å²) in [7, 11) is 0. The van der Waals surface area contributed by atoms with Crippen molar-refractivity contribution in [3.63, 3.8) is 0 Å². The lowest BCUT2D eigenvalue weighted by Crippen LogP contribution is -2.55. The maximum atomic E-state index is 13.0. The van der Waals surface area contributed by atoms with E-state index < -0.39 is 0 Å². The highest BCUT2D eigenvalue weighted by Gasteiger charge is 2.33. The van der Waals surface area contributed by atoms with Crippen LogP contribution in [0.3, 0.4) is 0 Å². The average molecular weight is 450 g/mol. The molecule has 33 heavy (non-hydrogen) atoms. The van der Waals surface area contributed by atoms with Gasteiger partial charge in [0.1, 0.15) is 0 Å². The number of nitrogens with one attached hydrogen (secondary N) is 1. The zero-order valence-electron chi connectivity index (χ0n) is 19.7. The van der Waals surface area contributed by atoms with E-state index in [0.29, 0.717) is 43.0 Å². The van der Waals surface area contributed by atoms with E-state index in [2.05, 4.69) is 34.8 Å². The summed E-state index contributed by atoms with van der Waals surface area (Å²) < 4.78 is 5.84. The van der Waals surface area contributed by atoms with E-state index in [4.69, 9.17) is 10.00 Å². The summed E-state index contributed by atoms with van der Waals surface area (Å²) in [4.78, 5) is 24.6. The number of imidazole rings is 1. The molecule has 2 aliphatic rings. The molecule has 0 bridgehead atoms. The van der Waals surface area contributed by atoms with Crippen molar-refractivity contribution in [2.75, 3.05) is 26.2 Å². The Kier molecular flexibility index (Phi) is 7.66. The number of aromatic nitrogens is 2. The Morgan fingerprint density at radius 3 is 2.64 bits per heavy atom. The quantitative estimate of drug-likeness (QED) is 0.714. The Labute approximate surface area is 196 Å². The molecule has 1 amide bonds. The van der Waals surface area contributed by atoms with Gasteiger partial charge in [-0.05, 0) is 35.4 Å². The van der Waals surface area contributed by atoms with Crippen molar-refractivity contribution in [3.8, 4) is 6.07 Å². The first kappa shape index (κ1) is 23.3. The van der Waals surface area contributed by atoms with Crippen molar-refractivity contribution in [1.82, 2.24) is 19.8 Å². The van der Waals surface area contributed by atoms with Crippen molar-refractivity contribution in [2.45, 2.75) is 52.1 Å². The fourth-order valence-electron chi connectivity index (χ4n) is 5.37. The van der Waals surface area contributed by atoms with Gasteiger partial charge in [0, 0.05) is 50.5 Å². The van der Waals surface area contributed by atoms with Crippen molar-refractivity contribution in [1.29, 1.82) is 5.26 Å². The SMILES string of the molecule is CC1CCCC(C)C1COC(=O)N1CCN(Cc2ccc(C#N)cc2)C(Cc2cnc[nH]2)C1. The monoisotopic (exact) mass is 449 g/mol. The van der Waals surface area contributed by atoms with Crippen molar-refractivity contribution >= 4 is 6.09 Å².